The minimum atomic E-state index is -0.487. The summed E-state index contributed by atoms with van der Waals surface area (Å²) in [6.07, 6.45) is 2.63. The van der Waals surface area contributed by atoms with Gasteiger partial charge in [-0.05, 0) is 19.8 Å². The van der Waals surface area contributed by atoms with Gasteiger partial charge in [0.25, 0.3) is 0 Å². The lowest BCUT2D eigenvalue weighted by molar-refractivity contribution is -0.137. The van der Waals surface area contributed by atoms with Crippen molar-refractivity contribution in [2.45, 2.75) is 39.2 Å². The average molecular weight is 229 g/mol. The Morgan fingerprint density at radius 1 is 1.25 bits per heavy atom. The van der Waals surface area contributed by atoms with Crippen molar-refractivity contribution >= 4 is 11.8 Å². The lowest BCUT2D eigenvalue weighted by Crippen LogP contribution is -2.38. The Morgan fingerprint density at radius 2 is 1.81 bits per heavy atom. The van der Waals surface area contributed by atoms with Crippen LogP contribution in [0.4, 0.5) is 0 Å². The van der Waals surface area contributed by atoms with Gasteiger partial charge in [0, 0.05) is 19.0 Å². The fourth-order valence-corrected chi connectivity index (χ4v) is 1.56. The van der Waals surface area contributed by atoms with Gasteiger partial charge in [-0.2, -0.15) is 0 Å². The third-order valence-electron chi connectivity index (χ3n) is 2.49. The summed E-state index contributed by atoms with van der Waals surface area (Å²) in [5, 5.41) is 0. The molecule has 0 rings (SSSR count). The Balaban J connectivity index is 3.93. The van der Waals surface area contributed by atoms with Gasteiger partial charge < -0.3 is 16.4 Å². The molecule has 0 bridgehead atoms. The summed E-state index contributed by atoms with van der Waals surface area (Å²) < 4.78 is 0. The molecule has 94 valence electrons. The van der Waals surface area contributed by atoms with Crippen LogP contribution in [0.3, 0.4) is 0 Å². The molecule has 2 unspecified atom stereocenters. The highest BCUT2D eigenvalue weighted by Gasteiger charge is 2.18. The van der Waals surface area contributed by atoms with E-state index in [1.54, 1.807) is 7.05 Å². The van der Waals surface area contributed by atoms with Crippen LogP contribution in [0, 0.1) is 5.92 Å². The summed E-state index contributed by atoms with van der Waals surface area (Å²) in [5.74, 6) is -0.606. The highest BCUT2D eigenvalue weighted by molar-refractivity contribution is 5.84. The van der Waals surface area contributed by atoms with E-state index in [0.717, 1.165) is 19.3 Å². The third-order valence-corrected chi connectivity index (χ3v) is 2.49. The van der Waals surface area contributed by atoms with E-state index in [4.69, 9.17) is 11.5 Å². The van der Waals surface area contributed by atoms with Crippen molar-refractivity contribution in [3.63, 3.8) is 0 Å². The maximum Gasteiger partial charge on any atom is 0.237 e. The first-order valence-corrected chi connectivity index (χ1v) is 5.63. The van der Waals surface area contributed by atoms with E-state index in [1.165, 1.54) is 4.90 Å². The fourth-order valence-electron chi connectivity index (χ4n) is 1.56. The van der Waals surface area contributed by atoms with Gasteiger partial charge in [0.1, 0.15) is 0 Å². The van der Waals surface area contributed by atoms with Gasteiger partial charge in [-0.3, -0.25) is 9.59 Å². The second-order valence-corrected chi connectivity index (χ2v) is 4.47. The molecule has 2 atom stereocenters. The van der Waals surface area contributed by atoms with E-state index in [-0.39, 0.29) is 24.4 Å². The number of amides is 2. The van der Waals surface area contributed by atoms with Crippen molar-refractivity contribution in [3.05, 3.63) is 0 Å². The third kappa shape index (κ3) is 6.40. The van der Waals surface area contributed by atoms with E-state index in [9.17, 15) is 9.59 Å². The Morgan fingerprint density at radius 3 is 2.25 bits per heavy atom. The van der Waals surface area contributed by atoms with Crippen LogP contribution in [0.15, 0.2) is 0 Å². The molecule has 4 N–H and O–H groups in total. The highest BCUT2D eigenvalue weighted by atomic mass is 16.2. The first-order valence-electron chi connectivity index (χ1n) is 5.63. The molecule has 0 radical (unpaired) electrons. The highest BCUT2D eigenvalue weighted by Crippen LogP contribution is 2.11. The van der Waals surface area contributed by atoms with Crippen molar-refractivity contribution in [1.29, 1.82) is 0 Å². The number of carbonyl (C=O) groups excluding carboxylic acids is 2. The maximum atomic E-state index is 11.7. The molecule has 0 saturated heterocycles. The normalized spacial score (nSPS) is 14.2. The van der Waals surface area contributed by atoms with Crippen LogP contribution in [0.25, 0.3) is 0 Å². The number of likely N-dealkylation sites (N-methyl/N-ethyl adjacent to an activating group) is 1. The SMILES string of the molecule is CC(N)CCCC(C)C(=O)N(C)CC(N)=O. The molecule has 0 heterocycles. The minimum Gasteiger partial charge on any atom is -0.368 e. The summed E-state index contributed by atoms with van der Waals surface area (Å²) >= 11 is 0. The van der Waals surface area contributed by atoms with E-state index >= 15 is 0 Å². The first kappa shape index (κ1) is 14.9. The van der Waals surface area contributed by atoms with Gasteiger partial charge in [-0.15, -0.1) is 0 Å². The predicted molar refractivity (Wildman–Crippen MR) is 63.5 cm³/mol. The molecule has 0 aliphatic carbocycles. The molecule has 0 aliphatic rings. The smallest absolute Gasteiger partial charge is 0.237 e. The van der Waals surface area contributed by atoms with Gasteiger partial charge in [-0.25, -0.2) is 0 Å². The number of hydrogen-bond donors (Lipinski definition) is 2. The van der Waals surface area contributed by atoms with Crippen LogP contribution in [0.1, 0.15) is 33.1 Å². The summed E-state index contributed by atoms with van der Waals surface area (Å²) in [7, 11) is 1.59. The van der Waals surface area contributed by atoms with Crippen LogP contribution in [-0.4, -0.2) is 36.3 Å². The number of nitrogens with zero attached hydrogens (tertiary/aromatic N) is 1. The number of primary amides is 1. The summed E-state index contributed by atoms with van der Waals surface area (Å²) in [4.78, 5) is 23.8. The van der Waals surface area contributed by atoms with Crippen LogP contribution in [0.5, 0.6) is 0 Å². The van der Waals surface area contributed by atoms with Crippen LogP contribution < -0.4 is 11.5 Å². The number of rotatable bonds is 7. The second-order valence-electron chi connectivity index (χ2n) is 4.47. The van der Waals surface area contributed by atoms with Gasteiger partial charge in [0.2, 0.25) is 11.8 Å². The predicted octanol–water partition coefficient (Wildman–Crippen LogP) is 0.0837. The zero-order chi connectivity index (χ0) is 12.7. The van der Waals surface area contributed by atoms with E-state index < -0.39 is 5.91 Å². The Hall–Kier alpha value is -1.10. The molecular formula is C11H23N3O2. The lowest BCUT2D eigenvalue weighted by Gasteiger charge is -2.20. The molecule has 0 saturated carbocycles. The zero-order valence-electron chi connectivity index (χ0n) is 10.4. The summed E-state index contributed by atoms with van der Waals surface area (Å²) in [6.45, 7) is 3.79. The van der Waals surface area contributed by atoms with E-state index in [0.29, 0.717) is 0 Å². The second kappa shape index (κ2) is 7.22. The largest absolute Gasteiger partial charge is 0.368 e. The van der Waals surface area contributed by atoms with Gasteiger partial charge >= 0.3 is 0 Å². The van der Waals surface area contributed by atoms with E-state index in [2.05, 4.69) is 0 Å². The molecule has 0 fully saturated rings. The van der Waals surface area contributed by atoms with E-state index in [1.807, 2.05) is 13.8 Å². The van der Waals surface area contributed by atoms with Gasteiger partial charge in [0.15, 0.2) is 0 Å². The van der Waals surface area contributed by atoms with Crippen molar-refractivity contribution in [2.75, 3.05) is 13.6 Å². The Kier molecular flexibility index (Phi) is 6.72. The summed E-state index contributed by atoms with van der Waals surface area (Å²) in [6, 6.07) is 0.172. The first-order chi connectivity index (χ1) is 7.34. The van der Waals surface area contributed by atoms with Crippen LogP contribution in [-0.2, 0) is 9.59 Å². The lowest BCUT2D eigenvalue weighted by atomic mass is 10.0. The topological polar surface area (TPSA) is 89.4 Å². The number of nitrogens with two attached hydrogens (primary N) is 2. The molecular weight excluding hydrogens is 206 g/mol. The summed E-state index contributed by atoms with van der Waals surface area (Å²) in [5.41, 5.74) is 10.6. The van der Waals surface area contributed by atoms with Crippen molar-refractivity contribution in [1.82, 2.24) is 4.90 Å². The van der Waals surface area contributed by atoms with Gasteiger partial charge in [-0.1, -0.05) is 13.3 Å². The van der Waals surface area contributed by atoms with Crippen molar-refractivity contribution in [3.8, 4) is 0 Å². The molecule has 0 aromatic heterocycles. The molecule has 0 spiro atoms. The molecule has 0 aromatic carbocycles. The molecule has 5 heteroatoms. The maximum absolute atomic E-state index is 11.7. The standard InChI is InChI=1S/C11H23N3O2/c1-8(5-4-6-9(2)12)11(16)14(3)7-10(13)15/h8-9H,4-7,12H2,1-3H3,(H2,13,15). The molecule has 0 aromatic rings. The van der Waals surface area contributed by atoms with Crippen LogP contribution >= 0.6 is 0 Å². The molecule has 0 aliphatic heterocycles. The monoisotopic (exact) mass is 229 g/mol. The van der Waals surface area contributed by atoms with Crippen molar-refractivity contribution < 1.29 is 9.59 Å². The Bertz CT molecular complexity index is 241. The molecule has 2 amide bonds. The van der Waals surface area contributed by atoms with Crippen molar-refractivity contribution in [2.24, 2.45) is 17.4 Å². The minimum absolute atomic E-state index is 0.0174. The molecule has 16 heavy (non-hydrogen) atoms. The molecule has 5 nitrogen and oxygen atoms in total. The average Bonchev–Trinajstić information content (AvgIpc) is 2.14. The fraction of sp³-hybridized carbons (Fsp3) is 0.818. The Labute approximate surface area is 97.2 Å². The number of hydrogen-bond acceptors (Lipinski definition) is 3. The van der Waals surface area contributed by atoms with Crippen LogP contribution in [0.2, 0.25) is 0 Å². The number of carbonyl (C=O) groups is 2. The quantitative estimate of drug-likeness (QED) is 0.648. The zero-order valence-corrected chi connectivity index (χ0v) is 10.4. The van der Waals surface area contributed by atoms with Gasteiger partial charge in [0.05, 0.1) is 6.54 Å².